The Morgan fingerprint density at radius 1 is 0.979 bits per heavy atom. The summed E-state index contributed by atoms with van der Waals surface area (Å²) in [5.74, 6) is -0.635. The molecule has 12 nitrogen and oxygen atoms in total. The number of piperidine rings is 1. The van der Waals surface area contributed by atoms with E-state index in [2.05, 4.69) is 4.98 Å². The third-order valence-corrected chi connectivity index (χ3v) is 9.31. The third kappa shape index (κ3) is 6.98. The first-order chi connectivity index (χ1) is 23.4. The number of fused-ring (bicyclic) bond motifs is 2. The number of aliphatic hydroxyl groups is 1. The van der Waals surface area contributed by atoms with Crippen LogP contribution in [0.15, 0.2) is 71.4 Å². The molecule has 0 bridgehead atoms. The van der Waals surface area contributed by atoms with E-state index >= 15 is 0 Å². The number of aromatic amines is 1. The highest BCUT2D eigenvalue weighted by Gasteiger charge is 2.41. The average molecular weight is 661 g/mol. The van der Waals surface area contributed by atoms with Crippen molar-refractivity contribution in [1.82, 2.24) is 19.0 Å². The molecule has 1 fully saturated rings. The van der Waals surface area contributed by atoms with Crippen molar-refractivity contribution < 1.29 is 33.6 Å². The molecule has 1 amide bonds. The molecule has 4 aromatic rings. The minimum Gasteiger partial charge on any atom is -0.459 e. The van der Waals surface area contributed by atoms with Gasteiger partial charge in [0.2, 0.25) is 12.2 Å². The number of nitrogens with one attached hydrogen (secondary N) is 1. The fraction of sp³-hybridized carbons (Fsp3) is 0.472. The van der Waals surface area contributed by atoms with Gasteiger partial charge in [-0.05, 0) is 56.0 Å². The number of amides is 1. The van der Waals surface area contributed by atoms with E-state index in [-0.39, 0.29) is 54.4 Å². The monoisotopic (exact) mass is 660 g/mol. The summed E-state index contributed by atoms with van der Waals surface area (Å²) in [4.78, 5) is 44.3. The molecule has 4 heterocycles. The summed E-state index contributed by atoms with van der Waals surface area (Å²) in [6.07, 6.45) is 4.86. The van der Waals surface area contributed by atoms with Gasteiger partial charge >= 0.3 is 5.69 Å². The third-order valence-electron chi connectivity index (χ3n) is 9.31. The van der Waals surface area contributed by atoms with Crippen molar-refractivity contribution in [3.63, 3.8) is 0 Å². The summed E-state index contributed by atoms with van der Waals surface area (Å²) in [6, 6.07) is 15.4. The van der Waals surface area contributed by atoms with Gasteiger partial charge < -0.3 is 33.9 Å². The quantitative estimate of drug-likeness (QED) is 0.204. The van der Waals surface area contributed by atoms with E-state index in [1.165, 1.54) is 6.92 Å². The summed E-state index contributed by atoms with van der Waals surface area (Å²) >= 11 is 0. The van der Waals surface area contributed by atoms with Crippen molar-refractivity contribution in [1.29, 1.82) is 0 Å². The van der Waals surface area contributed by atoms with Crippen LogP contribution < -0.4 is 5.69 Å². The Hall–Kier alpha value is -4.23. The highest BCUT2D eigenvalue weighted by atomic mass is 16.7. The number of likely N-dealkylation sites (tertiary alicyclic amines) is 1. The van der Waals surface area contributed by atoms with Crippen molar-refractivity contribution in [3.05, 3.63) is 82.6 Å². The lowest BCUT2D eigenvalue weighted by Crippen LogP contribution is -2.44. The minimum atomic E-state index is -0.722. The van der Waals surface area contributed by atoms with Gasteiger partial charge in [-0.3, -0.25) is 18.7 Å². The zero-order valence-corrected chi connectivity index (χ0v) is 27.5. The van der Waals surface area contributed by atoms with Gasteiger partial charge in [0.15, 0.2) is 5.76 Å². The summed E-state index contributed by atoms with van der Waals surface area (Å²) in [5.41, 5.74) is 3.24. The molecule has 2 aromatic heterocycles. The molecule has 0 spiro atoms. The topological polar surface area (TPSA) is 137 Å². The first kappa shape index (κ1) is 33.7. The van der Waals surface area contributed by atoms with Crippen LogP contribution in [-0.4, -0.2) is 95.0 Å². The molecule has 6 rings (SSSR count). The number of hydrogen-bond donors (Lipinski definition) is 2. The number of imidazole rings is 1. The Kier molecular flexibility index (Phi) is 10.8. The lowest BCUT2D eigenvalue weighted by Gasteiger charge is -2.39. The molecular weight excluding hydrogens is 616 g/mol. The molecule has 2 aliphatic rings. The normalized spacial score (nSPS) is 20.3. The SMILES string of the molecule is CCOC1OC(C(=O)N2CCC(n3c(=O)[nH]c4ccccc43)CC2)=CC(c2cn(C(C)=O)c3ccccc23)C1CCOCCOCCO. The standard InChI is InChI=1S/C36H44N4O8/c1-3-47-35-27(14-18-45-20-21-46-19-17-41)28(29-23-39(24(2)42)31-10-6-4-8-26(29)31)22-33(48-35)34(43)38-15-12-25(13-16-38)40-32-11-7-5-9-30(32)37-36(40)44/h4-11,22-23,25,27-28,35,41H,3,12-21H2,1-2H3,(H,37,44). The first-order valence-electron chi connectivity index (χ1n) is 16.8. The number of allylic oxidation sites excluding steroid dienone is 1. The first-order valence-corrected chi connectivity index (χ1v) is 16.8. The number of nitrogens with zero attached hydrogens (tertiary/aromatic N) is 3. The zero-order valence-electron chi connectivity index (χ0n) is 27.5. The maximum absolute atomic E-state index is 14.1. The van der Waals surface area contributed by atoms with Crippen LogP contribution in [0.1, 0.15) is 55.4 Å². The summed E-state index contributed by atoms with van der Waals surface area (Å²) in [7, 11) is 0. The molecule has 2 aliphatic heterocycles. The number of rotatable bonds is 13. The van der Waals surface area contributed by atoms with Gasteiger partial charge in [0.05, 0.1) is 43.0 Å². The van der Waals surface area contributed by atoms with Crippen molar-refractivity contribution in [2.24, 2.45) is 5.92 Å². The Morgan fingerprint density at radius 2 is 1.69 bits per heavy atom. The number of carbonyl (C=O) groups is 2. The minimum absolute atomic E-state index is 0.0287. The van der Waals surface area contributed by atoms with Gasteiger partial charge in [-0.25, -0.2) is 4.79 Å². The number of carbonyl (C=O) groups excluding carboxylic acids is 2. The largest absolute Gasteiger partial charge is 0.459 e. The molecule has 2 aromatic carbocycles. The number of ether oxygens (including phenoxy) is 4. The van der Waals surface area contributed by atoms with Crippen molar-refractivity contribution in [2.75, 3.05) is 52.7 Å². The number of aliphatic hydroxyl groups excluding tert-OH is 1. The maximum Gasteiger partial charge on any atom is 0.326 e. The van der Waals surface area contributed by atoms with Gasteiger partial charge in [-0.2, -0.15) is 0 Å². The van der Waals surface area contributed by atoms with Crippen LogP contribution in [0.25, 0.3) is 21.9 Å². The van der Waals surface area contributed by atoms with Crippen molar-refractivity contribution >= 4 is 33.8 Å². The molecule has 2 N–H and O–H groups in total. The van der Waals surface area contributed by atoms with Crippen LogP contribution >= 0.6 is 0 Å². The van der Waals surface area contributed by atoms with Gasteiger partial charge in [0.1, 0.15) is 0 Å². The zero-order chi connectivity index (χ0) is 33.6. The molecule has 256 valence electrons. The average Bonchev–Trinajstić information content (AvgIpc) is 3.65. The lowest BCUT2D eigenvalue weighted by molar-refractivity contribution is -0.172. The molecule has 3 unspecified atom stereocenters. The van der Waals surface area contributed by atoms with E-state index in [0.717, 1.165) is 27.5 Å². The summed E-state index contributed by atoms with van der Waals surface area (Å²) in [5, 5.41) is 9.87. The van der Waals surface area contributed by atoms with E-state index in [0.29, 0.717) is 58.8 Å². The molecular formula is C36H44N4O8. The second-order valence-electron chi connectivity index (χ2n) is 12.2. The van der Waals surface area contributed by atoms with Gasteiger partial charge in [0.25, 0.3) is 5.91 Å². The Bertz CT molecular complexity index is 1820. The van der Waals surface area contributed by atoms with E-state index in [1.807, 2.05) is 72.3 Å². The molecule has 1 saturated heterocycles. The summed E-state index contributed by atoms with van der Waals surface area (Å²) < 4.78 is 27.2. The molecule has 48 heavy (non-hydrogen) atoms. The number of benzene rings is 2. The lowest BCUT2D eigenvalue weighted by atomic mass is 9.81. The van der Waals surface area contributed by atoms with Crippen LogP contribution in [-0.2, 0) is 23.7 Å². The van der Waals surface area contributed by atoms with Crippen LogP contribution in [0.5, 0.6) is 0 Å². The van der Waals surface area contributed by atoms with Crippen molar-refractivity contribution in [3.8, 4) is 0 Å². The molecule has 12 heteroatoms. The van der Waals surface area contributed by atoms with Crippen LogP contribution in [0.4, 0.5) is 0 Å². The second kappa shape index (κ2) is 15.3. The molecule has 0 radical (unpaired) electrons. The van der Waals surface area contributed by atoms with Crippen LogP contribution in [0.2, 0.25) is 0 Å². The number of para-hydroxylation sites is 3. The number of aromatic nitrogens is 3. The van der Waals surface area contributed by atoms with Crippen LogP contribution in [0, 0.1) is 5.92 Å². The summed E-state index contributed by atoms with van der Waals surface area (Å²) in [6.45, 7) is 6.12. The van der Waals surface area contributed by atoms with E-state index < -0.39 is 6.29 Å². The van der Waals surface area contributed by atoms with Gasteiger partial charge in [-0.15, -0.1) is 0 Å². The smallest absolute Gasteiger partial charge is 0.326 e. The van der Waals surface area contributed by atoms with E-state index in [9.17, 15) is 14.4 Å². The predicted octanol–water partition coefficient (Wildman–Crippen LogP) is 4.20. The maximum atomic E-state index is 14.1. The second-order valence-corrected chi connectivity index (χ2v) is 12.2. The predicted molar refractivity (Wildman–Crippen MR) is 180 cm³/mol. The Morgan fingerprint density at radius 3 is 2.42 bits per heavy atom. The van der Waals surface area contributed by atoms with Gasteiger partial charge in [-0.1, -0.05) is 30.3 Å². The number of hydrogen-bond acceptors (Lipinski definition) is 8. The fourth-order valence-electron chi connectivity index (χ4n) is 7.05. The van der Waals surface area contributed by atoms with E-state index in [1.54, 1.807) is 9.47 Å². The van der Waals surface area contributed by atoms with Gasteiger partial charge in [0, 0.05) is 62.7 Å². The van der Waals surface area contributed by atoms with Crippen LogP contribution in [0.3, 0.4) is 0 Å². The number of H-pyrrole nitrogens is 1. The highest BCUT2D eigenvalue weighted by Crippen LogP contribution is 2.42. The van der Waals surface area contributed by atoms with E-state index in [4.69, 9.17) is 24.1 Å². The molecule has 0 saturated carbocycles. The highest BCUT2D eigenvalue weighted by molar-refractivity contribution is 5.95. The fourth-order valence-corrected chi connectivity index (χ4v) is 7.05. The van der Waals surface area contributed by atoms with Crippen molar-refractivity contribution in [2.45, 2.75) is 51.4 Å². The molecule has 0 aliphatic carbocycles. The Labute approximate surface area is 278 Å². The molecule has 3 atom stereocenters. The Balaban J connectivity index is 1.26.